The van der Waals surface area contributed by atoms with Crippen molar-refractivity contribution in [1.82, 2.24) is 19.7 Å². The SMILES string of the molecule is C=CCn1c(SCC(=O)N(C)CC(=O)Nc2ccc(C)cc2)nnc1-c1ccc(Cl)cc1. The molecule has 0 saturated carbocycles. The average molecular weight is 470 g/mol. The van der Waals surface area contributed by atoms with Crippen LogP contribution < -0.4 is 5.32 Å². The normalized spacial score (nSPS) is 10.6. The molecule has 0 unspecified atom stereocenters. The second kappa shape index (κ2) is 11.0. The number of thioether (sulfide) groups is 1. The lowest BCUT2D eigenvalue weighted by Gasteiger charge is -2.16. The monoisotopic (exact) mass is 469 g/mol. The van der Waals surface area contributed by atoms with Gasteiger partial charge in [0.15, 0.2) is 11.0 Å². The lowest BCUT2D eigenvalue weighted by molar-refractivity contribution is -0.131. The number of aromatic nitrogens is 3. The molecule has 1 aromatic heterocycles. The Balaban J connectivity index is 1.59. The molecular weight excluding hydrogens is 446 g/mol. The Morgan fingerprint density at radius 2 is 1.84 bits per heavy atom. The predicted molar refractivity (Wildman–Crippen MR) is 129 cm³/mol. The maximum Gasteiger partial charge on any atom is 0.243 e. The zero-order valence-electron chi connectivity index (χ0n) is 17.9. The highest BCUT2D eigenvalue weighted by Crippen LogP contribution is 2.25. The Hall–Kier alpha value is -3.10. The molecule has 0 atom stereocenters. The standard InChI is InChI=1S/C23H24ClN5O2S/c1-4-13-29-22(17-7-9-18(24)10-8-17)26-27-23(29)32-15-21(31)28(3)14-20(30)25-19-11-5-16(2)6-12-19/h4-12H,1,13-15H2,2-3H3,(H,25,30). The van der Waals surface area contributed by atoms with Crippen LogP contribution in [0.25, 0.3) is 11.4 Å². The maximum absolute atomic E-state index is 12.6. The fraction of sp³-hybridized carbons (Fsp3) is 0.217. The molecule has 0 aliphatic heterocycles. The number of carbonyl (C=O) groups excluding carboxylic acids is 2. The first-order chi connectivity index (χ1) is 15.4. The van der Waals surface area contributed by atoms with E-state index in [4.69, 9.17) is 11.6 Å². The van der Waals surface area contributed by atoms with E-state index in [1.807, 2.05) is 47.9 Å². The van der Waals surface area contributed by atoms with Gasteiger partial charge in [0.25, 0.3) is 0 Å². The third kappa shape index (κ3) is 6.21. The van der Waals surface area contributed by atoms with E-state index in [2.05, 4.69) is 22.1 Å². The highest BCUT2D eigenvalue weighted by atomic mass is 35.5. The fourth-order valence-corrected chi connectivity index (χ4v) is 3.89. The second-order valence-corrected chi connectivity index (χ2v) is 8.54. The number of nitrogens with one attached hydrogen (secondary N) is 1. The molecular formula is C23H24ClN5O2S. The second-order valence-electron chi connectivity index (χ2n) is 7.17. The van der Waals surface area contributed by atoms with Gasteiger partial charge >= 0.3 is 0 Å². The Morgan fingerprint density at radius 3 is 2.50 bits per heavy atom. The number of nitrogens with zero attached hydrogens (tertiary/aromatic N) is 4. The van der Waals surface area contributed by atoms with Crippen LogP contribution in [-0.4, -0.2) is 50.8 Å². The highest BCUT2D eigenvalue weighted by molar-refractivity contribution is 7.99. The molecule has 1 N–H and O–H groups in total. The van der Waals surface area contributed by atoms with Crippen molar-refractivity contribution in [2.75, 3.05) is 24.7 Å². The summed E-state index contributed by atoms with van der Waals surface area (Å²) in [5.41, 5.74) is 2.67. The van der Waals surface area contributed by atoms with Gasteiger partial charge in [-0.2, -0.15) is 0 Å². The van der Waals surface area contributed by atoms with Crippen LogP contribution in [0.4, 0.5) is 5.69 Å². The molecule has 0 fully saturated rings. The fourth-order valence-electron chi connectivity index (χ4n) is 2.88. The summed E-state index contributed by atoms with van der Waals surface area (Å²) in [5, 5.41) is 12.5. The molecule has 0 aliphatic carbocycles. The largest absolute Gasteiger partial charge is 0.336 e. The molecule has 3 rings (SSSR count). The van der Waals surface area contributed by atoms with Crippen LogP contribution in [0.2, 0.25) is 5.02 Å². The zero-order valence-corrected chi connectivity index (χ0v) is 19.5. The Bertz CT molecular complexity index is 1100. The van der Waals surface area contributed by atoms with Crippen molar-refractivity contribution in [2.24, 2.45) is 0 Å². The number of aryl methyl sites for hydroxylation is 1. The first-order valence-electron chi connectivity index (χ1n) is 9.90. The number of amides is 2. The maximum atomic E-state index is 12.6. The van der Waals surface area contributed by atoms with E-state index in [1.165, 1.54) is 16.7 Å². The van der Waals surface area contributed by atoms with Gasteiger partial charge in [0.2, 0.25) is 11.8 Å². The van der Waals surface area contributed by atoms with Crippen molar-refractivity contribution in [3.05, 3.63) is 71.8 Å². The number of anilines is 1. The minimum Gasteiger partial charge on any atom is -0.336 e. The van der Waals surface area contributed by atoms with Crippen LogP contribution in [0.3, 0.4) is 0 Å². The number of halogens is 1. The number of allylic oxidation sites excluding steroid dienone is 1. The van der Waals surface area contributed by atoms with Crippen molar-refractivity contribution >= 4 is 40.9 Å². The minimum atomic E-state index is -0.255. The Kier molecular flexibility index (Phi) is 8.08. The molecule has 3 aromatic rings. The van der Waals surface area contributed by atoms with Gasteiger partial charge in [-0.1, -0.05) is 47.1 Å². The first-order valence-corrected chi connectivity index (χ1v) is 11.3. The molecule has 1 heterocycles. The Labute approximate surface area is 196 Å². The molecule has 0 aliphatic rings. The van der Waals surface area contributed by atoms with Crippen LogP contribution in [0.1, 0.15) is 5.56 Å². The van der Waals surface area contributed by atoms with Crippen molar-refractivity contribution in [2.45, 2.75) is 18.6 Å². The summed E-state index contributed by atoms with van der Waals surface area (Å²) in [5.74, 6) is 0.358. The van der Waals surface area contributed by atoms with E-state index in [0.29, 0.717) is 28.2 Å². The van der Waals surface area contributed by atoms with Gasteiger partial charge in [-0.3, -0.25) is 14.2 Å². The van der Waals surface area contributed by atoms with E-state index in [1.54, 1.807) is 25.3 Å². The molecule has 0 bridgehead atoms. The number of carbonyl (C=O) groups is 2. The summed E-state index contributed by atoms with van der Waals surface area (Å²) in [6.45, 7) is 6.23. The number of benzene rings is 2. The quantitative estimate of drug-likeness (QED) is 0.373. The van der Waals surface area contributed by atoms with Crippen molar-refractivity contribution in [3.8, 4) is 11.4 Å². The zero-order chi connectivity index (χ0) is 23.1. The van der Waals surface area contributed by atoms with Gasteiger partial charge in [0.05, 0.1) is 12.3 Å². The van der Waals surface area contributed by atoms with Crippen molar-refractivity contribution in [3.63, 3.8) is 0 Å². The summed E-state index contributed by atoms with van der Waals surface area (Å²) in [7, 11) is 1.60. The van der Waals surface area contributed by atoms with E-state index >= 15 is 0 Å². The Morgan fingerprint density at radius 1 is 1.16 bits per heavy atom. The van der Waals surface area contributed by atoms with E-state index in [-0.39, 0.29) is 24.1 Å². The third-order valence-corrected chi connectivity index (χ3v) is 5.80. The van der Waals surface area contributed by atoms with Crippen molar-refractivity contribution in [1.29, 1.82) is 0 Å². The molecule has 0 radical (unpaired) electrons. The summed E-state index contributed by atoms with van der Waals surface area (Å²) >= 11 is 7.24. The summed E-state index contributed by atoms with van der Waals surface area (Å²) in [6.07, 6.45) is 1.75. The smallest absolute Gasteiger partial charge is 0.243 e. The van der Waals surface area contributed by atoms with Gasteiger partial charge in [0, 0.05) is 29.9 Å². The molecule has 0 saturated heterocycles. The predicted octanol–water partition coefficient (Wildman–Crippen LogP) is 4.28. The molecule has 166 valence electrons. The molecule has 0 spiro atoms. The van der Waals surface area contributed by atoms with E-state index in [9.17, 15) is 9.59 Å². The number of hydrogen-bond donors (Lipinski definition) is 1. The minimum absolute atomic E-state index is 0.0390. The number of rotatable bonds is 9. The van der Waals surface area contributed by atoms with Gasteiger partial charge < -0.3 is 10.2 Å². The number of hydrogen-bond acceptors (Lipinski definition) is 5. The van der Waals surface area contributed by atoms with Gasteiger partial charge in [-0.15, -0.1) is 16.8 Å². The average Bonchev–Trinajstić information content (AvgIpc) is 3.17. The van der Waals surface area contributed by atoms with Gasteiger partial charge in [-0.25, -0.2) is 0 Å². The molecule has 9 heteroatoms. The summed E-state index contributed by atoms with van der Waals surface area (Å²) in [6, 6.07) is 14.8. The highest BCUT2D eigenvalue weighted by Gasteiger charge is 2.18. The van der Waals surface area contributed by atoms with Crippen LogP contribution >= 0.6 is 23.4 Å². The van der Waals surface area contributed by atoms with Crippen LogP contribution in [0.15, 0.2) is 66.3 Å². The first kappa shape index (κ1) is 23.6. The molecule has 7 nitrogen and oxygen atoms in total. The lowest BCUT2D eigenvalue weighted by Crippen LogP contribution is -2.36. The van der Waals surface area contributed by atoms with Crippen LogP contribution in [-0.2, 0) is 16.1 Å². The third-order valence-electron chi connectivity index (χ3n) is 4.60. The van der Waals surface area contributed by atoms with Gasteiger partial charge in [-0.05, 0) is 43.3 Å². The molecule has 32 heavy (non-hydrogen) atoms. The van der Waals surface area contributed by atoms with Crippen LogP contribution in [0.5, 0.6) is 0 Å². The molecule has 2 amide bonds. The van der Waals surface area contributed by atoms with Crippen LogP contribution in [0, 0.1) is 6.92 Å². The van der Waals surface area contributed by atoms with Gasteiger partial charge in [0.1, 0.15) is 0 Å². The number of likely N-dealkylation sites (N-methyl/N-ethyl adjacent to an activating group) is 1. The summed E-state index contributed by atoms with van der Waals surface area (Å²) in [4.78, 5) is 26.2. The molecule has 2 aromatic carbocycles. The topological polar surface area (TPSA) is 80.1 Å². The van der Waals surface area contributed by atoms with Crippen molar-refractivity contribution < 1.29 is 9.59 Å². The van der Waals surface area contributed by atoms with E-state index < -0.39 is 0 Å². The lowest BCUT2D eigenvalue weighted by atomic mass is 10.2. The van der Waals surface area contributed by atoms with E-state index in [0.717, 1.165) is 11.1 Å². The summed E-state index contributed by atoms with van der Waals surface area (Å²) < 4.78 is 1.89.